The molecule has 1 aromatic rings. The Morgan fingerprint density at radius 2 is 2.14 bits per heavy atom. The van der Waals surface area contributed by atoms with Crippen LogP contribution in [0.3, 0.4) is 0 Å². The van der Waals surface area contributed by atoms with Gasteiger partial charge in [-0.2, -0.15) is 0 Å². The van der Waals surface area contributed by atoms with Gasteiger partial charge < -0.3 is 9.47 Å². The third kappa shape index (κ3) is 3.00. The predicted octanol–water partition coefficient (Wildman–Crippen LogP) is 4.89. The van der Waals surface area contributed by atoms with Crippen LogP contribution in [0.15, 0.2) is 30.4 Å². The van der Waals surface area contributed by atoms with Gasteiger partial charge in [-0.05, 0) is 43.7 Å². The minimum Gasteiger partial charge on any atom is -0.380 e. The third-order valence-corrected chi connectivity index (χ3v) is 5.21. The molecule has 22 heavy (non-hydrogen) atoms. The fourth-order valence-electron chi connectivity index (χ4n) is 3.75. The van der Waals surface area contributed by atoms with Gasteiger partial charge in [-0.25, -0.2) is 0 Å². The Kier molecular flexibility index (Phi) is 4.70. The van der Waals surface area contributed by atoms with Crippen molar-refractivity contribution >= 4 is 0 Å². The number of benzene rings is 1. The maximum absolute atomic E-state index is 6.33. The van der Waals surface area contributed by atoms with E-state index in [-0.39, 0.29) is 5.60 Å². The van der Waals surface area contributed by atoms with Crippen LogP contribution in [0.1, 0.15) is 55.7 Å². The molecule has 0 bridgehead atoms. The summed E-state index contributed by atoms with van der Waals surface area (Å²) >= 11 is 0. The van der Waals surface area contributed by atoms with Crippen molar-refractivity contribution in [3.8, 4) is 0 Å². The van der Waals surface area contributed by atoms with Crippen LogP contribution in [0.25, 0.3) is 0 Å². The highest BCUT2D eigenvalue weighted by Gasteiger charge is 2.38. The van der Waals surface area contributed by atoms with Crippen LogP contribution in [-0.2, 0) is 21.7 Å². The van der Waals surface area contributed by atoms with Crippen molar-refractivity contribution in [3.63, 3.8) is 0 Å². The van der Waals surface area contributed by atoms with Gasteiger partial charge in [0, 0.05) is 5.92 Å². The lowest BCUT2D eigenvalue weighted by atomic mass is 9.82. The first-order chi connectivity index (χ1) is 10.6. The second kappa shape index (κ2) is 6.55. The summed E-state index contributed by atoms with van der Waals surface area (Å²) in [5, 5.41) is 0. The molecule has 0 aromatic heterocycles. The zero-order valence-corrected chi connectivity index (χ0v) is 14.0. The Bertz CT molecular complexity index is 541. The van der Waals surface area contributed by atoms with Crippen LogP contribution in [-0.4, -0.2) is 13.2 Å². The largest absolute Gasteiger partial charge is 0.380 e. The highest BCUT2D eigenvalue weighted by Crippen LogP contribution is 2.44. The Hall–Kier alpha value is -1.12. The maximum Gasteiger partial charge on any atom is 0.0939 e. The van der Waals surface area contributed by atoms with Crippen molar-refractivity contribution < 1.29 is 9.47 Å². The molecule has 1 fully saturated rings. The smallest absolute Gasteiger partial charge is 0.0939 e. The van der Waals surface area contributed by atoms with E-state index in [1.165, 1.54) is 22.3 Å². The van der Waals surface area contributed by atoms with Gasteiger partial charge in [-0.15, -0.1) is 0 Å². The summed E-state index contributed by atoms with van der Waals surface area (Å²) in [5.41, 5.74) is 5.45. The molecule has 2 nitrogen and oxygen atoms in total. The Morgan fingerprint density at radius 1 is 1.32 bits per heavy atom. The van der Waals surface area contributed by atoms with Crippen LogP contribution in [0.2, 0.25) is 0 Å². The Morgan fingerprint density at radius 3 is 2.82 bits per heavy atom. The van der Waals surface area contributed by atoms with Gasteiger partial charge in [0.2, 0.25) is 0 Å². The number of hydrogen-bond acceptors (Lipinski definition) is 2. The van der Waals surface area contributed by atoms with Crippen molar-refractivity contribution in [2.24, 2.45) is 5.92 Å². The van der Waals surface area contributed by atoms with E-state index in [1.54, 1.807) is 0 Å². The zero-order chi connectivity index (χ0) is 15.6. The van der Waals surface area contributed by atoms with E-state index < -0.39 is 0 Å². The fraction of sp³-hybridized carbons (Fsp3) is 0.600. The summed E-state index contributed by atoms with van der Waals surface area (Å²) in [6.07, 6.45) is 5.63. The lowest BCUT2D eigenvalue weighted by Crippen LogP contribution is -2.29. The second-order valence-electron chi connectivity index (χ2n) is 6.94. The molecule has 0 amide bonds. The van der Waals surface area contributed by atoms with E-state index in [4.69, 9.17) is 9.47 Å². The van der Waals surface area contributed by atoms with E-state index in [2.05, 4.69) is 38.6 Å². The van der Waals surface area contributed by atoms with E-state index >= 15 is 0 Å². The minimum atomic E-state index is -0.0630. The highest BCUT2D eigenvalue weighted by atomic mass is 16.5. The maximum atomic E-state index is 6.33. The topological polar surface area (TPSA) is 18.5 Å². The average molecular weight is 300 g/mol. The highest BCUT2D eigenvalue weighted by molar-refractivity contribution is 5.38. The lowest BCUT2D eigenvalue weighted by molar-refractivity contribution is -0.0532. The number of fused-ring (bicyclic) bond motifs is 1. The number of rotatable bonds is 7. The molecular formula is C20H28O2. The molecule has 0 N–H and O–H groups in total. The summed E-state index contributed by atoms with van der Waals surface area (Å²) in [6.45, 7) is 11.2. The molecule has 2 aliphatic rings. The molecule has 0 saturated carbocycles. The monoisotopic (exact) mass is 300 g/mol. The average Bonchev–Trinajstić information content (AvgIpc) is 2.76. The Balaban J connectivity index is 1.68. The number of aryl methyl sites for hydroxylation is 1. The first kappa shape index (κ1) is 15.8. The van der Waals surface area contributed by atoms with E-state index in [0.717, 1.165) is 51.9 Å². The molecule has 3 rings (SSSR count). The molecule has 1 saturated heterocycles. The second-order valence-corrected chi connectivity index (χ2v) is 6.94. The first-order valence-electron chi connectivity index (χ1n) is 8.64. The summed E-state index contributed by atoms with van der Waals surface area (Å²) < 4.78 is 11.6. The third-order valence-electron chi connectivity index (χ3n) is 5.21. The lowest BCUT2D eigenvalue weighted by Gasteiger charge is -2.31. The van der Waals surface area contributed by atoms with E-state index in [9.17, 15) is 0 Å². The van der Waals surface area contributed by atoms with Crippen molar-refractivity contribution in [1.29, 1.82) is 0 Å². The molecule has 2 heterocycles. The standard InChI is InChI=1S/C20H28O2/c1-4-9-20(10-5-6-16(3)18-12-21-13-18)19-11-15(2)7-8-17(19)14-22-20/h7-8,11,18H,3-6,9-10,12-14H2,1-2H3. The molecule has 0 radical (unpaired) electrons. The predicted molar refractivity (Wildman–Crippen MR) is 89.9 cm³/mol. The van der Waals surface area contributed by atoms with Crippen molar-refractivity contribution in [2.45, 2.75) is 58.2 Å². The molecule has 0 spiro atoms. The molecule has 0 aliphatic carbocycles. The van der Waals surface area contributed by atoms with Gasteiger partial charge in [0.15, 0.2) is 0 Å². The van der Waals surface area contributed by atoms with Crippen LogP contribution in [0, 0.1) is 12.8 Å². The minimum absolute atomic E-state index is 0.0630. The van der Waals surface area contributed by atoms with Crippen LogP contribution >= 0.6 is 0 Å². The Labute approximate surface area is 134 Å². The normalized spacial score (nSPS) is 24.1. The van der Waals surface area contributed by atoms with Crippen molar-refractivity contribution in [1.82, 2.24) is 0 Å². The summed E-state index contributed by atoms with van der Waals surface area (Å²) in [5.74, 6) is 0.598. The van der Waals surface area contributed by atoms with Crippen molar-refractivity contribution in [3.05, 3.63) is 47.0 Å². The van der Waals surface area contributed by atoms with Crippen LogP contribution < -0.4 is 0 Å². The van der Waals surface area contributed by atoms with Crippen molar-refractivity contribution in [2.75, 3.05) is 13.2 Å². The van der Waals surface area contributed by atoms with Gasteiger partial charge in [-0.3, -0.25) is 0 Å². The van der Waals surface area contributed by atoms with E-state index in [1.807, 2.05) is 0 Å². The summed E-state index contributed by atoms with van der Waals surface area (Å²) in [4.78, 5) is 0. The van der Waals surface area contributed by atoms with Crippen LogP contribution in [0.4, 0.5) is 0 Å². The van der Waals surface area contributed by atoms with Gasteiger partial charge >= 0.3 is 0 Å². The molecule has 2 aliphatic heterocycles. The fourth-order valence-corrected chi connectivity index (χ4v) is 3.75. The van der Waals surface area contributed by atoms with Gasteiger partial charge in [0.05, 0.1) is 25.4 Å². The summed E-state index contributed by atoms with van der Waals surface area (Å²) in [6, 6.07) is 6.78. The molecule has 120 valence electrons. The molecule has 1 aromatic carbocycles. The SMILES string of the molecule is C=C(CCCC1(CCC)OCc2ccc(C)cc21)C1COC1. The first-order valence-corrected chi connectivity index (χ1v) is 8.64. The number of ether oxygens (including phenoxy) is 2. The molecular weight excluding hydrogens is 272 g/mol. The molecule has 2 heteroatoms. The van der Waals surface area contributed by atoms with Crippen LogP contribution in [0.5, 0.6) is 0 Å². The van der Waals surface area contributed by atoms with E-state index in [0.29, 0.717) is 5.92 Å². The summed E-state index contributed by atoms with van der Waals surface area (Å²) in [7, 11) is 0. The number of hydrogen-bond donors (Lipinski definition) is 0. The molecule has 1 unspecified atom stereocenters. The van der Waals surface area contributed by atoms with Gasteiger partial charge in [0.1, 0.15) is 0 Å². The zero-order valence-electron chi connectivity index (χ0n) is 14.0. The van der Waals surface area contributed by atoms with Gasteiger partial charge in [-0.1, -0.05) is 49.3 Å². The van der Waals surface area contributed by atoms with Gasteiger partial charge in [0.25, 0.3) is 0 Å². The quantitative estimate of drug-likeness (QED) is 0.667. The molecule has 1 atom stereocenters.